The number of hydrogen-bond donors (Lipinski definition) is 2. The first-order valence-corrected chi connectivity index (χ1v) is 4.67. The van der Waals surface area contributed by atoms with Gasteiger partial charge in [-0.2, -0.15) is 0 Å². The molecule has 6 heteroatoms. The van der Waals surface area contributed by atoms with Crippen LogP contribution in [0.4, 0.5) is 5.82 Å². The summed E-state index contributed by atoms with van der Waals surface area (Å²) in [7, 11) is 2.08. The second-order valence-corrected chi connectivity index (χ2v) is 3.24. The Balaban J connectivity index is 2.62. The summed E-state index contributed by atoms with van der Waals surface area (Å²) < 4.78 is 4.95. The van der Waals surface area contributed by atoms with E-state index in [1.54, 1.807) is 19.2 Å². The minimum absolute atomic E-state index is 0.388. The van der Waals surface area contributed by atoms with Crippen molar-refractivity contribution in [1.29, 1.82) is 0 Å². The fourth-order valence-corrected chi connectivity index (χ4v) is 1.12. The summed E-state index contributed by atoms with van der Waals surface area (Å²) in [6, 6.07) is 3.38. The summed E-state index contributed by atoms with van der Waals surface area (Å²) in [6.45, 7) is 1.37. The second-order valence-electron chi connectivity index (χ2n) is 3.24. The van der Waals surface area contributed by atoms with E-state index in [2.05, 4.69) is 4.98 Å². The van der Waals surface area contributed by atoms with Crippen molar-refractivity contribution >= 4 is 18.4 Å². The van der Waals surface area contributed by atoms with Crippen LogP contribution in [0.1, 0.15) is 0 Å². The number of nitrogens with zero attached hydrogens (tertiary/aromatic N) is 2. The minimum Gasteiger partial charge on any atom is -0.423 e. The molecule has 1 aromatic rings. The molecule has 0 aliphatic rings. The van der Waals surface area contributed by atoms with Crippen LogP contribution >= 0.6 is 0 Å². The van der Waals surface area contributed by atoms with Crippen molar-refractivity contribution in [3.63, 3.8) is 0 Å². The maximum atomic E-state index is 8.88. The Hall–Kier alpha value is -1.11. The highest BCUT2D eigenvalue weighted by atomic mass is 16.5. The smallest absolute Gasteiger partial charge is 0.423 e. The van der Waals surface area contributed by atoms with Crippen molar-refractivity contribution in [1.82, 2.24) is 4.98 Å². The zero-order valence-electron chi connectivity index (χ0n) is 8.92. The maximum Gasteiger partial charge on any atom is 0.490 e. The van der Waals surface area contributed by atoms with Gasteiger partial charge in [-0.05, 0) is 6.07 Å². The zero-order valence-corrected chi connectivity index (χ0v) is 8.92. The molecule has 0 amide bonds. The third-order valence-corrected chi connectivity index (χ3v) is 2.09. The van der Waals surface area contributed by atoms with E-state index in [4.69, 9.17) is 14.8 Å². The van der Waals surface area contributed by atoms with Crippen LogP contribution < -0.4 is 10.4 Å². The maximum absolute atomic E-state index is 8.88. The van der Waals surface area contributed by atoms with Gasteiger partial charge in [-0.25, -0.2) is 4.98 Å². The fourth-order valence-electron chi connectivity index (χ4n) is 1.12. The van der Waals surface area contributed by atoms with E-state index in [0.717, 1.165) is 12.4 Å². The molecule has 0 radical (unpaired) electrons. The topological polar surface area (TPSA) is 65.8 Å². The first-order chi connectivity index (χ1) is 7.15. The van der Waals surface area contributed by atoms with Crippen LogP contribution in [0.2, 0.25) is 0 Å². The predicted octanol–water partition coefficient (Wildman–Crippen LogP) is -1.16. The molecule has 0 aliphatic carbocycles. The minimum atomic E-state index is -1.46. The molecule has 0 aromatic carbocycles. The van der Waals surface area contributed by atoms with E-state index in [1.165, 1.54) is 6.20 Å². The first-order valence-electron chi connectivity index (χ1n) is 4.67. The molecule has 0 atom stereocenters. The van der Waals surface area contributed by atoms with Crippen LogP contribution in [0.15, 0.2) is 18.3 Å². The van der Waals surface area contributed by atoms with E-state index in [1.807, 2.05) is 11.9 Å². The monoisotopic (exact) mass is 210 g/mol. The van der Waals surface area contributed by atoms with Crippen molar-refractivity contribution in [2.24, 2.45) is 0 Å². The summed E-state index contributed by atoms with van der Waals surface area (Å²) in [6.07, 6.45) is 1.45. The molecule has 15 heavy (non-hydrogen) atoms. The molecule has 82 valence electrons. The molecule has 1 heterocycles. The molecular formula is C9H15BN2O3. The third kappa shape index (κ3) is 3.51. The van der Waals surface area contributed by atoms with Crippen molar-refractivity contribution in [3.05, 3.63) is 18.3 Å². The number of pyridine rings is 1. The highest BCUT2D eigenvalue weighted by Gasteiger charge is 2.11. The first kappa shape index (κ1) is 12.0. The highest BCUT2D eigenvalue weighted by molar-refractivity contribution is 6.58. The Labute approximate surface area is 89.5 Å². The fraction of sp³-hybridized carbons (Fsp3) is 0.444. The van der Waals surface area contributed by atoms with Gasteiger partial charge in [0.25, 0.3) is 0 Å². The van der Waals surface area contributed by atoms with Crippen LogP contribution in [0.25, 0.3) is 0 Å². The molecule has 5 nitrogen and oxygen atoms in total. The van der Waals surface area contributed by atoms with E-state index in [-0.39, 0.29) is 0 Å². The highest BCUT2D eigenvalue weighted by Crippen LogP contribution is 2.04. The summed E-state index contributed by atoms with van der Waals surface area (Å²) in [5.41, 5.74) is 0.388. The lowest BCUT2D eigenvalue weighted by Crippen LogP contribution is -2.31. The van der Waals surface area contributed by atoms with Gasteiger partial charge in [-0.3, -0.25) is 0 Å². The summed E-state index contributed by atoms with van der Waals surface area (Å²) in [5, 5.41) is 17.8. The lowest BCUT2D eigenvalue weighted by molar-refractivity contribution is 0.206. The van der Waals surface area contributed by atoms with Gasteiger partial charge in [0.1, 0.15) is 5.82 Å². The molecule has 2 N–H and O–H groups in total. The number of hydrogen-bond acceptors (Lipinski definition) is 5. The predicted molar refractivity (Wildman–Crippen MR) is 59.2 cm³/mol. The lowest BCUT2D eigenvalue weighted by atomic mass is 9.82. The SMILES string of the molecule is COCCN(C)c1ccc(B(O)O)cn1. The van der Waals surface area contributed by atoms with Crippen LogP contribution in [-0.2, 0) is 4.74 Å². The van der Waals surface area contributed by atoms with Gasteiger partial charge in [0, 0.05) is 32.4 Å². The van der Waals surface area contributed by atoms with Crippen LogP contribution in [0, 0.1) is 0 Å². The molecule has 0 spiro atoms. The van der Waals surface area contributed by atoms with Gasteiger partial charge in [0.2, 0.25) is 0 Å². The van der Waals surface area contributed by atoms with E-state index in [0.29, 0.717) is 12.1 Å². The van der Waals surface area contributed by atoms with Crippen molar-refractivity contribution in [3.8, 4) is 0 Å². The Morgan fingerprint density at radius 2 is 2.20 bits per heavy atom. The molecule has 1 rings (SSSR count). The Morgan fingerprint density at radius 3 is 2.67 bits per heavy atom. The van der Waals surface area contributed by atoms with Crippen LogP contribution in [0.5, 0.6) is 0 Å². The van der Waals surface area contributed by atoms with Crippen molar-refractivity contribution in [2.45, 2.75) is 0 Å². The number of aromatic nitrogens is 1. The summed E-state index contributed by atoms with van der Waals surface area (Å²) in [5.74, 6) is 0.774. The van der Waals surface area contributed by atoms with Crippen molar-refractivity contribution < 1.29 is 14.8 Å². The summed E-state index contributed by atoms with van der Waals surface area (Å²) in [4.78, 5) is 6.03. The molecular weight excluding hydrogens is 195 g/mol. The van der Waals surface area contributed by atoms with Crippen LogP contribution in [0.3, 0.4) is 0 Å². The van der Waals surface area contributed by atoms with Gasteiger partial charge in [0.15, 0.2) is 0 Å². The van der Waals surface area contributed by atoms with Gasteiger partial charge in [-0.15, -0.1) is 0 Å². The normalized spacial score (nSPS) is 10.1. The van der Waals surface area contributed by atoms with E-state index < -0.39 is 7.12 Å². The van der Waals surface area contributed by atoms with Gasteiger partial charge in [-0.1, -0.05) is 6.07 Å². The average molecular weight is 210 g/mol. The Kier molecular flexibility index (Phi) is 4.55. The van der Waals surface area contributed by atoms with E-state index in [9.17, 15) is 0 Å². The lowest BCUT2D eigenvalue weighted by Gasteiger charge is -2.17. The largest absolute Gasteiger partial charge is 0.490 e. The number of likely N-dealkylation sites (N-methyl/N-ethyl adjacent to an activating group) is 1. The average Bonchev–Trinajstić information content (AvgIpc) is 2.26. The van der Waals surface area contributed by atoms with Crippen LogP contribution in [-0.4, -0.2) is 49.5 Å². The molecule has 0 saturated heterocycles. The number of methoxy groups -OCH3 is 1. The molecule has 1 aromatic heterocycles. The molecule has 0 bridgehead atoms. The Bertz CT molecular complexity index is 292. The molecule has 0 saturated carbocycles. The third-order valence-electron chi connectivity index (χ3n) is 2.09. The second kappa shape index (κ2) is 5.70. The quantitative estimate of drug-likeness (QED) is 0.600. The number of ether oxygens (including phenoxy) is 1. The zero-order chi connectivity index (χ0) is 11.3. The molecule has 0 unspecified atom stereocenters. The Morgan fingerprint density at radius 1 is 1.47 bits per heavy atom. The van der Waals surface area contributed by atoms with Gasteiger partial charge >= 0.3 is 7.12 Å². The van der Waals surface area contributed by atoms with Gasteiger partial charge < -0.3 is 19.7 Å². The van der Waals surface area contributed by atoms with Gasteiger partial charge in [0.05, 0.1) is 6.61 Å². The van der Waals surface area contributed by atoms with Crippen molar-refractivity contribution in [2.75, 3.05) is 32.2 Å². The summed E-state index contributed by atoms with van der Waals surface area (Å²) >= 11 is 0. The number of anilines is 1. The van der Waals surface area contributed by atoms with E-state index >= 15 is 0 Å². The molecule has 0 aliphatic heterocycles. The molecule has 0 fully saturated rings. The number of rotatable bonds is 5. The standard InChI is InChI=1S/C9H15BN2O3/c1-12(5-6-15-2)9-4-3-8(7-11-9)10(13)14/h3-4,7,13-14H,5-6H2,1-2H3.